The van der Waals surface area contributed by atoms with E-state index >= 15 is 0 Å². The molecule has 0 bridgehead atoms. The quantitative estimate of drug-likeness (QED) is 0.772. The molecule has 1 aliphatic rings. The van der Waals surface area contributed by atoms with Gasteiger partial charge in [0.15, 0.2) is 5.16 Å². The standard InChI is InChI=1S/C14H18N4O3S/c1-11(13(19)17-4-7-20-8-5-17)22-14-16-15-10-18(14)9-12-3-2-6-21-12/h2-3,6,10-11H,4-5,7-9H2,1H3/t11-/m0/s1. The molecular weight excluding hydrogens is 304 g/mol. The summed E-state index contributed by atoms with van der Waals surface area (Å²) in [5.41, 5.74) is 0. The third kappa shape index (κ3) is 3.50. The van der Waals surface area contributed by atoms with Gasteiger partial charge >= 0.3 is 0 Å². The maximum atomic E-state index is 12.4. The molecule has 3 rings (SSSR count). The fraction of sp³-hybridized carbons (Fsp3) is 0.500. The van der Waals surface area contributed by atoms with Gasteiger partial charge in [-0.15, -0.1) is 10.2 Å². The molecule has 1 aliphatic heterocycles. The molecule has 118 valence electrons. The molecule has 0 N–H and O–H groups in total. The van der Waals surface area contributed by atoms with Gasteiger partial charge in [0.05, 0.1) is 31.3 Å². The van der Waals surface area contributed by atoms with E-state index in [4.69, 9.17) is 9.15 Å². The van der Waals surface area contributed by atoms with Crippen molar-refractivity contribution >= 4 is 17.7 Å². The van der Waals surface area contributed by atoms with Crippen LogP contribution in [0.3, 0.4) is 0 Å². The number of morpholine rings is 1. The molecule has 0 aliphatic carbocycles. The number of nitrogens with zero attached hydrogens (tertiary/aromatic N) is 4. The minimum atomic E-state index is -0.211. The number of carbonyl (C=O) groups is 1. The van der Waals surface area contributed by atoms with Crippen LogP contribution in [0.5, 0.6) is 0 Å². The summed E-state index contributed by atoms with van der Waals surface area (Å²) in [6.07, 6.45) is 3.29. The van der Waals surface area contributed by atoms with Gasteiger partial charge in [-0.25, -0.2) is 0 Å². The van der Waals surface area contributed by atoms with E-state index in [1.165, 1.54) is 11.8 Å². The molecule has 2 aromatic heterocycles. The van der Waals surface area contributed by atoms with Gasteiger partial charge in [-0.05, 0) is 19.1 Å². The van der Waals surface area contributed by atoms with E-state index in [2.05, 4.69) is 10.2 Å². The van der Waals surface area contributed by atoms with Gasteiger partial charge in [0, 0.05) is 13.1 Å². The summed E-state index contributed by atoms with van der Waals surface area (Å²) in [7, 11) is 0. The minimum absolute atomic E-state index is 0.112. The lowest BCUT2D eigenvalue weighted by molar-refractivity contribution is -0.134. The fourth-order valence-electron chi connectivity index (χ4n) is 2.26. The summed E-state index contributed by atoms with van der Waals surface area (Å²) < 4.78 is 12.5. The molecule has 0 spiro atoms. The lowest BCUT2D eigenvalue weighted by atomic mass is 10.3. The second-order valence-corrected chi connectivity index (χ2v) is 6.33. The van der Waals surface area contributed by atoms with Crippen LogP contribution < -0.4 is 0 Å². The Bertz CT molecular complexity index is 607. The van der Waals surface area contributed by atoms with E-state index in [0.717, 1.165) is 5.76 Å². The normalized spacial score (nSPS) is 16.7. The molecule has 22 heavy (non-hydrogen) atoms. The Hall–Kier alpha value is -1.80. The second kappa shape index (κ2) is 6.97. The molecule has 8 heteroatoms. The predicted molar refractivity (Wildman–Crippen MR) is 80.6 cm³/mol. The van der Waals surface area contributed by atoms with Crippen LogP contribution in [0.4, 0.5) is 0 Å². The number of thioether (sulfide) groups is 1. The van der Waals surface area contributed by atoms with Crippen molar-refractivity contribution in [2.24, 2.45) is 0 Å². The van der Waals surface area contributed by atoms with Crippen molar-refractivity contribution in [1.82, 2.24) is 19.7 Å². The first kappa shape index (κ1) is 15.1. The van der Waals surface area contributed by atoms with Crippen molar-refractivity contribution < 1.29 is 13.9 Å². The topological polar surface area (TPSA) is 73.4 Å². The van der Waals surface area contributed by atoms with E-state index in [-0.39, 0.29) is 11.2 Å². The van der Waals surface area contributed by atoms with Crippen molar-refractivity contribution in [2.75, 3.05) is 26.3 Å². The van der Waals surface area contributed by atoms with Crippen LogP contribution in [-0.2, 0) is 16.1 Å². The Morgan fingerprint density at radius 1 is 1.45 bits per heavy atom. The minimum Gasteiger partial charge on any atom is -0.467 e. The number of aromatic nitrogens is 3. The van der Waals surface area contributed by atoms with Crippen LogP contribution in [0.1, 0.15) is 12.7 Å². The second-order valence-electron chi connectivity index (χ2n) is 5.02. The van der Waals surface area contributed by atoms with Gasteiger partial charge in [0.2, 0.25) is 5.91 Å². The number of ether oxygens (including phenoxy) is 1. The zero-order valence-electron chi connectivity index (χ0n) is 12.3. The maximum absolute atomic E-state index is 12.4. The Balaban J connectivity index is 1.62. The lowest BCUT2D eigenvalue weighted by Crippen LogP contribution is -2.44. The summed E-state index contributed by atoms with van der Waals surface area (Å²) in [4.78, 5) is 14.3. The maximum Gasteiger partial charge on any atom is 0.236 e. The number of amides is 1. The molecule has 1 saturated heterocycles. The molecule has 0 aromatic carbocycles. The SMILES string of the molecule is C[C@H](Sc1nncn1Cc1ccco1)C(=O)N1CCOCC1. The van der Waals surface area contributed by atoms with Crippen LogP contribution in [0.2, 0.25) is 0 Å². The largest absolute Gasteiger partial charge is 0.467 e. The number of carbonyl (C=O) groups excluding carboxylic acids is 1. The number of furan rings is 1. The van der Waals surface area contributed by atoms with Crippen molar-refractivity contribution in [1.29, 1.82) is 0 Å². The summed E-state index contributed by atoms with van der Waals surface area (Å²) in [5, 5.41) is 8.54. The Morgan fingerprint density at radius 2 is 2.27 bits per heavy atom. The number of hydrogen-bond donors (Lipinski definition) is 0. The summed E-state index contributed by atoms with van der Waals surface area (Å²) in [6, 6.07) is 3.74. The smallest absolute Gasteiger partial charge is 0.236 e. The van der Waals surface area contributed by atoms with Crippen LogP contribution >= 0.6 is 11.8 Å². The van der Waals surface area contributed by atoms with Crippen LogP contribution in [0.15, 0.2) is 34.3 Å². The monoisotopic (exact) mass is 322 g/mol. The highest BCUT2D eigenvalue weighted by Crippen LogP contribution is 2.23. The third-order valence-electron chi connectivity index (χ3n) is 3.44. The van der Waals surface area contributed by atoms with E-state index < -0.39 is 0 Å². The number of hydrogen-bond acceptors (Lipinski definition) is 6. The first-order valence-electron chi connectivity index (χ1n) is 7.17. The van der Waals surface area contributed by atoms with Crippen molar-refractivity contribution in [3.05, 3.63) is 30.5 Å². The van der Waals surface area contributed by atoms with E-state index in [9.17, 15) is 4.79 Å². The molecular formula is C14H18N4O3S. The van der Waals surface area contributed by atoms with Crippen molar-refractivity contribution in [3.63, 3.8) is 0 Å². The zero-order chi connectivity index (χ0) is 15.4. The molecule has 0 radical (unpaired) electrons. The Kier molecular flexibility index (Phi) is 4.79. The predicted octanol–water partition coefficient (Wildman–Crippen LogP) is 1.26. The lowest BCUT2D eigenvalue weighted by Gasteiger charge is -2.28. The van der Waals surface area contributed by atoms with Crippen LogP contribution in [-0.4, -0.2) is 57.1 Å². The van der Waals surface area contributed by atoms with Crippen molar-refractivity contribution in [3.8, 4) is 0 Å². The summed E-state index contributed by atoms with van der Waals surface area (Å²) >= 11 is 1.42. The number of rotatable bonds is 5. The Morgan fingerprint density at radius 3 is 3.00 bits per heavy atom. The first-order valence-corrected chi connectivity index (χ1v) is 8.05. The average Bonchev–Trinajstić information content (AvgIpc) is 3.20. The van der Waals surface area contributed by atoms with E-state index in [0.29, 0.717) is 38.0 Å². The summed E-state index contributed by atoms with van der Waals surface area (Å²) in [6.45, 7) is 4.98. The molecule has 2 aromatic rings. The van der Waals surface area contributed by atoms with Gasteiger partial charge in [-0.3, -0.25) is 4.79 Å². The van der Waals surface area contributed by atoms with Gasteiger partial charge < -0.3 is 18.6 Å². The molecule has 7 nitrogen and oxygen atoms in total. The first-order chi connectivity index (χ1) is 10.7. The highest BCUT2D eigenvalue weighted by Gasteiger charge is 2.24. The fourth-order valence-corrected chi connectivity index (χ4v) is 3.17. The molecule has 1 fully saturated rings. The highest BCUT2D eigenvalue weighted by atomic mass is 32.2. The molecule has 0 saturated carbocycles. The van der Waals surface area contributed by atoms with Crippen LogP contribution in [0.25, 0.3) is 0 Å². The van der Waals surface area contributed by atoms with Gasteiger partial charge in [0.1, 0.15) is 12.1 Å². The molecule has 1 amide bonds. The third-order valence-corrected chi connectivity index (χ3v) is 4.52. The molecule has 0 unspecified atom stereocenters. The van der Waals surface area contributed by atoms with E-state index in [1.54, 1.807) is 12.6 Å². The van der Waals surface area contributed by atoms with Gasteiger partial charge in [-0.2, -0.15) is 0 Å². The molecule has 3 heterocycles. The summed E-state index contributed by atoms with van der Waals surface area (Å²) in [5.74, 6) is 0.939. The zero-order valence-corrected chi connectivity index (χ0v) is 13.2. The van der Waals surface area contributed by atoms with Gasteiger partial charge in [0.25, 0.3) is 0 Å². The van der Waals surface area contributed by atoms with Crippen molar-refractivity contribution in [2.45, 2.75) is 23.9 Å². The van der Waals surface area contributed by atoms with Gasteiger partial charge in [-0.1, -0.05) is 11.8 Å². The van der Waals surface area contributed by atoms with E-state index in [1.807, 2.05) is 28.5 Å². The average molecular weight is 322 g/mol. The Labute approximate surface area is 132 Å². The van der Waals surface area contributed by atoms with Crippen LogP contribution in [0, 0.1) is 0 Å². The molecule has 1 atom stereocenters. The highest BCUT2D eigenvalue weighted by molar-refractivity contribution is 8.00.